The lowest BCUT2D eigenvalue weighted by molar-refractivity contribution is 0.643. The second kappa shape index (κ2) is 6.63. The third-order valence-corrected chi connectivity index (χ3v) is 5.14. The van der Waals surface area contributed by atoms with E-state index in [0.29, 0.717) is 17.1 Å². The molecular weight excluding hydrogens is 356 g/mol. The Bertz CT molecular complexity index is 1230. The number of hydrogen-bond acceptors (Lipinski definition) is 5. The number of rotatable bonds is 3. The first-order valence-electron chi connectivity index (χ1n) is 9.12. The topological polar surface area (TPSA) is 77.4 Å². The number of hydrogen-bond donors (Lipinski definition) is 0. The zero-order chi connectivity index (χ0) is 20.0. The molecule has 28 heavy (non-hydrogen) atoms. The van der Waals surface area contributed by atoms with Gasteiger partial charge in [-0.3, -0.25) is 18.5 Å². The number of benzene rings is 1. The molecule has 0 N–H and O–H groups in total. The summed E-state index contributed by atoms with van der Waals surface area (Å²) in [5.74, 6) is 0.553. The fourth-order valence-electron chi connectivity index (χ4n) is 3.49. The van der Waals surface area contributed by atoms with Crippen LogP contribution in [0.15, 0.2) is 51.1 Å². The van der Waals surface area contributed by atoms with E-state index in [2.05, 4.69) is 10.1 Å². The quantitative estimate of drug-likeness (QED) is 0.698. The maximum Gasteiger partial charge on any atom is 0.332 e. The summed E-state index contributed by atoms with van der Waals surface area (Å²) in [6.07, 6.45) is 3.72. The average molecular weight is 378 g/mol. The monoisotopic (exact) mass is 378 g/mol. The van der Waals surface area contributed by atoms with Crippen LogP contribution in [-0.4, -0.2) is 31.4 Å². The molecule has 1 aromatic carbocycles. The van der Waals surface area contributed by atoms with Gasteiger partial charge < -0.3 is 0 Å². The van der Waals surface area contributed by atoms with E-state index in [1.807, 2.05) is 60.9 Å². The maximum absolute atomic E-state index is 13.2. The van der Waals surface area contributed by atoms with E-state index in [1.165, 1.54) is 9.13 Å². The Hall–Kier alpha value is -3.42. The molecular formula is C20H22N6O2. The zero-order valence-electron chi connectivity index (χ0n) is 16.3. The molecule has 4 rings (SSSR count). The van der Waals surface area contributed by atoms with Gasteiger partial charge in [-0.25, -0.2) is 9.80 Å². The predicted octanol–water partition coefficient (Wildman–Crippen LogP) is 2.00. The van der Waals surface area contributed by atoms with Crippen LogP contribution in [0.3, 0.4) is 0 Å². The normalized spacial score (nSPS) is 16.6. The van der Waals surface area contributed by atoms with Crippen LogP contribution in [0.1, 0.15) is 25.5 Å². The zero-order valence-corrected chi connectivity index (χ0v) is 16.3. The van der Waals surface area contributed by atoms with Gasteiger partial charge in [-0.15, -0.1) is 0 Å². The largest absolute Gasteiger partial charge is 0.332 e. The van der Waals surface area contributed by atoms with Gasteiger partial charge in [0.1, 0.15) is 0 Å². The average Bonchev–Trinajstić information content (AvgIpc) is 3.10. The van der Waals surface area contributed by atoms with Gasteiger partial charge in [-0.2, -0.15) is 10.1 Å². The Kier molecular flexibility index (Phi) is 4.26. The molecule has 8 nitrogen and oxygen atoms in total. The minimum atomic E-state index is -0.390. The van der Waals surface area contributed by atoms with Crippen LogP contribution in [0.4, 0.5) is 5.95 Å². The number of fused-ring (bicyclic) bond motifs is 3. The Morgan fingerprint density at radius 2 is 1.86 bits per heavy atom. The van der Waals surface area contributed by atoms with Gasteiger partial charge in [-0.05, 0) is 19.4 Å². The summed E-state index contributed by atoms with van der Waals surface area (Å²) in [5, 5.41) is 6.08. The van der Waals surface area contributed by atoms with Crippen molar-refractivity contribution in [1.29, 1.82) is 0 Å². The standard InChI is InChI=1S/C20H22N6O2/c1-13-14(2)26-16-17(21-19(26)24(4)22-13)23(3)20(28)25(18(16)27)12-8-11-15-9-6-5-7-10-15/h5-11,14H,12H2,1-4H3/b11-8+/t14-/m1/s1. The van der Waals surface area contributed by atoms with Crippen molar-refractivity contribution in [2.24, 2.45) is 12.1 Å². The van der Waals surface area contributed by atoms with Crippen LogP contribution in [0.5, 0.6) is 0 Å². The first-order valence-corrected chi connectivity index (χ1v) is 9.12. The van der Waals surface area contributed by atoms with Crippen LogP contribution < -0.4 is 16.3 Å². The van der Waals surface area contributed by atoms with Crippen LogP contribution >= 0.6 is 0 Å². The molecule has 8 heteroatoms. The molecule has 0 bridgehead atoms. The number of anilines is 1. The Labute approximate surface area is 161 Å². The van der Waals surface area contributed by atoms with Gasteiger partial charge in [0.05, 0.1) is 11.8 Å². The van der Waals surface area contributed by atoms with E-state index >= 15 is 0 Å². The summed E-state index contributed by atoms with van der Waals surface area (Å²) < 4.78 is 4.52. The summed E-state index contributed by atoms with van der Waals surface area (Å²) >= 11 is 0. The molecule has 0 saturated carbocycles. The Morgan fingerprint density at radius 1 is 1.14 bits per heavy atom. The molecule has 0 fully saturated rings. The summed E-state index contributed by atoms with van der Waals surface area (Å²) in [6, 6.07) is 9.64. The number of allylic oxidation sites excluding steroid dienone is 1. The van der Waals surface area contributed by atoms with Crippen LogP contribution in [0.25, 0.3) is 17.2 Å². The van der Waals surface area contributed by atoms with E-state index < -0.39 is 5.69 Å². The molecule has 2 aromatic heterocycles. The summed E-state index contributed by atoms with van der Waals surface area (Å²) in [4.78, 5) is 30.5. The van der Waals surface area contributed by atoms with E-state index in [0.717, 1.165) is 11.3 Å². The fourth-order valence-corrected chi connectivity index (χ4v) is 3.49. The van der Waals surface area contributed by atoms with Crippen molar-refractivity contribution in [2.75, 3.05) is 12.1 Å². The van der Waals surface area contributed by atoms with Gasteiger partial charge in [-0.1, -0.05) is 42.5 Å². The van der Waals surface area contributed by atoms with E-state index in [-0.39, 0.29) is 18.1 Å². The van der Waals surface area contributed by atoms with Crippen LogP contribution in [0.2, 0.25) is 0 Å². The highest BCUT2D eigenvalue weighted by Crippen LogP contribution is 2.28. The first kappa shape index (κ1) is 18.0. The molecule has 1 aliphatic heterocycles. The predicted molar refractivity (Wildman–Crippen MR) is 111 cm³/mol. The lowest BCUT2D eigenvalue weighted by Crippen LogP contribution is -2.40. The number of aryl methyl sites for hydroxylation is 1. The van der Waals surface area contributed by atoms with Crippen molar-refractivity contribution in [2.45, 2.75) is 26.4 Å². The van der Waals surface area contributed by atoms with Crippen molar-refractivity contribution >= 4 is 28.9 Å². The molecule has 1 aliphatic rings. The minimum absolute atomic E-state index is 0.116. The smallest absolute Gasteiger partial charge is 0.294 e. The van der Waals surface area contributed by atoms with Gasteiger partial charge in [0, 0.05) is 20.6 Å². The first-order chi connectivity index (χ1) is 13.4. The van der Waals surface area contributed by atoms with Gasteiger partial charge >= 0.3 is 5.69 Å². The Morgan fingerprint density at radius 3 is 2.57 bits per heavy atom. The molecule has 3 aromatic rings. The van der Waals surface area contributed by atoms with Crippen molar-refractivity contribution < 1.29 is 0 Å². The summed E-state index contributed by atoms with van der Waals surface area (Å²) in [7, 11) is 3.42. The van der Waals surface area contributed by atoms with E-state index in [1.54, 1.807) is 19.1 Å². The van der Waals surface area contributed by atoms with Gasteiger partial charge in [0.25, 0.3) is 5.56 Å². The van der Waals surface area contributed by atoms with Crippen molar-refractivity contribution in [3.8, 4) is 0 Å². The second-order valence-corrected chi connectivity index (χ2v) is 6.97. The summed E-state index contributed by atoms with van der Waals surface area (Å²) in [6.45, 7) is 4.08. The number of nitrogens with zero attached hydrogens (tertiary/aromatic N) is 6. The number of hydrazone groups is 1. The third-order valence-electron chi connectivity index (χ3n) is 5.14. The van der Waals surface area contributed by atoms with Crippen molar-refractivity contribution in [3.05, 3.63) is 62.8 Å². The highest BCUT2D eigenvalue weighted by molar-refractivity contribution is 5.90. The molecule has 1 atom stereocenters. The molecule has 0 amide bonds. The highest BCUT2D eigenvalue weighted by Gasteiger charge is 2.28. The maximum atomic E-state index is 13.2. The molecule has 0 spiro atoms. The van der Waals surface area contributed by atoms with Gasteiger partial charge in [0.2, 0.25) is 5.95 Å². The van der Waals surface area contributed by atoms with Gasteiger partial charge in [0.15, 0.2) is 11.2 Å². The lowest BCUT2D eigenvalue weighted by atomic mass is 10.2. The molecule has 0 aliphatic carbocycles. The third kappa shape index (κ3) is 2.69. The van der Waals surface area contributed by atoms with E-state index in [4.69, 9.17) is 0 Å². The Balaban J connectivity index is 1.87. The second-order valence-electron chi connectivity index (χ2n) is 6.97. The highest BCUT2D eigenvalue weighted by atomic mass is 16.2. The SMILES string of the molecule is CC1=NN(C)c2nc3c(c(=O)n(C/C=C/c4ccccc4)c(=O)n3C)n2[C@@H]1C. The molecule has 0 radical (unpaired) electrons. The molecule has 0 saturated heterocycles. The van der Waals surface area contributed by atoms with E-state index in [9.17, 15) is 9.59 Å². The number of imidazole rings is 1. The summed E-state index contributed by atoms with van der Waals surface area (Å²) in [5.41, 5.74) is 1.94. The number of aromatic nitrogens is 4. The molecule has 144 valence electrons. The molecule has 0 unspecified atom stereocenters. The fraction of sp³-hybridized carbons (Fsp3) is 0.300. The minimum Gasteiger partial charge on any atom is -0.294 e. The van der Waals surface area contributed by atoms with Crippen LogP contribution in [0, 0.1) is 0 Å². The van der Waals surface area contributed by atoms with Crippen molar-refractivity contribution in [3.63, 3.8) is 0 Å². The molecule has 3 heterocycles. The van der Waals surface area contributed by atoms with Crippen LogP contribution in [-0.2, 0) is 13.6 Å². The van der Waals surface area contributed by atoms with Crippen molar-refractivity contribution in [1.82, 2.24) is 18.7 Å². The lowest BCUT2D eigenvalue weighted by Gasteiger charge is -2.26.